The van der Waals surface area contributed by atoms with Crippen LogP contribution in [0.3, 0.4) is 0 Å². The number of nitro benzene ring substituents is 2. The number of methoxy groups -OCH3 is 2. The Bertz CT molecular complexity index is 1340. The van der Waals surface area contributed by atoms with Gasteiger partial charge in [0, 0.05) is 6.07 Å². The third-order valence-electron chi connectivity index (χ3n) is 5.19. The van der Waals surface area contributed by atoms with Gasteiger partial charge in [-0.05, 0) is 73.5 Å². The Kier molecular flexibility index (Phi) is 10.8. The largest absolute Gasteiger partial charge is 0.497 e. The summed E-state index contributed by atoms with van der Waals surface area (Å²) >= 11 is 0.566. The van der Waals surface area contributed by atoms with Crippen molar-refractivity contribution in [3.63, 3.8) is 0 Å². The van der Waals surface area contributed by atoms with Gasteiger partial charge in [0.15, 0.2) is 0 Å². The summed E-state index contributed by atoms with van der Waals surface area (Å²) in [5.41, 5.74) is -3.48. The maximum atomic E-state index is 13.0. The highest BCUT2D eigenvalue weighted by Gasteiger charge is 2.47. The molecule has 0 heterocycles. The standard InChI is InChI=1S/C25H24N3O11PS/c1-4-37-24(29)16-26(41-23-14-5-17(27(30)31)15-22(23)28(32)33)25(40-34,38-20-10-6-18(35-2)7-11-20)39-21-12-8-19(36-3)9-13-21/h5-15H,4,16H2,1-3H3. The number of nitro groups is 2. The zero-order chi connectivity index (χ0) is 30.0. The van der Waals surface area contributed by atoms with Gasteiger partial charge in [0.25, 0.3) is 19.8 Å². The van der Waals surface area contributed by atoms with Gasteiger partial charge in [-0.1, -0.05) is 0 Å². The molecular formula is C25H24N3O11PS. The zero-order valence-electron chi connectivity index (χ0n) is 22.0. The van der Waals surface area contributed by atoms with Crippen LogP contribution in [-0.4, -0.2) is 53.1 Å². The van der Waals surface area contributed by atoms with E-state index in [-0.39, 0.29) is 23.0 Å². The van der Waals surface area contributed by atoms with E-state index >= 15 is 0 Å². The highest BCUT2D eigenvalue weighted by Crippen LogP contribution is 2.43. The number of carbonyl (C=O) groups excluding carboxylic acids is 1. The fourth-order valence-corrected chi connectivity index (χ4v) is 4.89. The van der Waals surface area contributed by atoms with Crippen LogP contribution in [0.2, 0.25) is 0 Å². The molecule has 14 nitrogen and oxygen atoms in total. The van der Waals surface area contributed by atoms with Crippen LogP contribution in [0, 0.1) is 20.2 Å². The molecule has 0 aliphatic heterocycles. The van der Waals surface area contributed by atoms with Gasteiger partial charge in [0.2, 0.25) is 0 Å². The molecule has 0 bridgehead atoms. The molecule has 0 radical (unpaired) electrons. The molecule has 0 fully saturated rings. The number of esters is 1. The lowest BCUT2D eigenvalue weighted by atomic mass is 10.3. The maximum absolute atomic E-state index is 13.0. The monoisotopic (exact) mass is 605 g/mol. The van der Waals surface area contributed by atoms with Crippen LogP contribution in [0.25, 0.3) is 0 Å². The van der Waals surface area contributed by atoms with E-state index in [2.05, 4.69) is 0 Å². The predicted molar refractivity (Wildman–Crippen MR) is 147 cm³/mol. The van der Waals surface area contributed by atoms with Crippen molar-refractivity contribution in [2.75, 3.05) is 27.4 Å². The van der Waals surface area contributed by atoms with Crippen molar-refractivity contribution >= 4 is 37.8 Å². The highest BCUT2D eigenvalue weighted by molar-refractivity contribution is 7.97. The van der Waals surface area contributed by atoms with Crippen LogP contribution in [0.5, 0.6) is 23.0 Å². The zero-order valence-corrected chi connectivity index (χ0v) is 23.7. The lowest BCUT2D eigenvalue weighted by Crippen LogP contribution is -2.52. The minimum absolute atomic E-state index is 0.00971. The van der Waals surface area contributed by atoms with E-state index in [0.717, 1.165) is 22.5 Å². The Morgan fingerprint density at radius 1 is 0.878 bits per heavy atom. The molecule has 0 aliphatic carbocycles. The van der Waals surface area contributed by atoms with E-state index in [1.807, 2.05) is 0 Å². The minimum atomic E-state index is -2.32. The van der Waals surface area contributed by atoms with E-state index in [1.54, 1.807) is 31.2 Å². The molecule has 16 heteroatoms. The maximum Gasteiger partial charge on any atom is 0.410 e. The molecule has 3 rings (SSSR count). The number of benzene rings is 3. The SMILES string of the molecule is CCOC(=O)CN(Sc1ccc([N+](=O)[O-])cc1[N+](=O)[O-])C(Oc1ccc(OC)cc1)(Oc1ccc(OC)cc1)P=O. The Labute approximate surface area is 239 Å². The Morgan fingerprint density at radius 2 is 1.39 bits per heavy atom. The van der Waals surface area contributed by atoms with Crippen molar-refractivity contribution in [2.45, 2.75) is 17.5 Å². The average molecular weight is 606 g/mol. The Hall–Kier alpha value is -4.46. The number of non-ortho nitro benzene ring substituents is 1. The lowest BCUT2D eigenvalue weighted by molar-refractivity contribution is -0.396. The predicted octanol–water partition coefficient (Wildman–Crippen LogP) is 5.45. The molecule has 0 unspecified atom stereocenters. The van der Waals surface area contributed by atoms with Crippen LogP contribution in [0.4, 0.5) is 11.4 Å². The number of carbonyl (C=O) groups is 1. The molecule has 0 atom stereocenters. The second-order valence-electron chi connectivity index (χ2n) is 7.79. The van der Waals surface area contributed by atoms with Crippen molar-refractivity contribution in [3.8, 4) is 23.0 Å². The van der Waals surface area contributed by atoms with E-state index in [9.17, 15) is 29.6 Å². The molecule has 41 heavy (non-hydrogen) atoms. The molecule has 0 saturated carbocycles. The first-order chi connectivity index (χ1) is 19.6. The van der Waals surface area contributed by atoms with Gasteiger partial charge in [-0.3, -0.25) is 29.6 Å². The van der Waals surface area contributed by atoms with Crippen molar-refractivity contribution in [2.24, 2.45) is 0 Å². The third kappa shape index (κ3) is 8.03. The molecular weight excluding hydrogens is 581 g/mol. The van der Waals surface area contributed by atoms with Gasteiger partial charge in [-0.15, -0.1) is 4.31 Å². The molecule has 0 aromatic heterocycles. The van der Waals surface area contributed by atoms with E-state index in [4.69, 9.17) is 23.7 Å². The van der Waals surface area contributed by atoms with Crippen LogP contribution < -0.4 is 18.9 Å². The first-order valence-corrected chi connectivity index (χ1v) is 13.3. The van der Waals surface area contributed by atoms with Crippen LogP contribution >= 0.6 is 20.4 Å². The summed E-state index contributed by atoms with van der Waals surface area (Å²) in [6.07, 6.45) is 0. The number of hydrogen-bond acceptors (Lipinski definition) is 13. The molecule has 0 N–H and O–H groups in total. The van der Waals surface area contributed by atoms with Gasteiger partial charge in [0.1, 0.15) is 34.4 Å². The molecule has 0 spiro atoms. The molecule has 0 saturated heterocycles. The first kappa shape index (κ1) is 31.1. The topological polar surface area (TPSA) is 170 Å². The number of nitrogens with zero attached hydrogens (tertiary/aromatic N) is 3. The molecule has 0 aliphatic rings. The Balaban J connectivity index is 2.16. The van der Waals surface area contributed by atoms with Crippen LogP contribution in [0.15, 0.2) is 71.6 Å². The minimum Gasteiger partial charge on any atom is -0.497 e. The first-order valence-electron chi connectivity index (χ1n) is 11.7. The molecule has 3 aromatic rings. The highest BCUT2D eigenvalue weighted by atomic mass is 32.2. The molecule has 216 valence electrons. The van der Waals surface area contributed by atoms with E-state index in [1.165, 1.54) is 38.5 Å². The van der Waals surface area contributed by atoms with Crippen molar-refractivity contribution in [3.05, 3.63) is 87.0 Å². The number of rotatable bonds is 15. The summed E-state index contributed by atoms with van der Waals surface area (Å²) in [5.74, 6) is 0.468. The summed E-state index contributed by atoms with van der Waals surface area (Å²) in [5, 5.41) is 23.1. The fraction of sp³-hybridized carbons (Fsp3) is 0.240. The van der Waals surface area contributed by atoms with Crippen LogP contribution in [-0.2, 0) is 14.1 Å². The normalized spacial score (nSPS) is 11.1. The van der Waals surface area contributed by atoms with E-state index < -0.39 is 47.8 Å². The smallest absolute Gasteiger partial charge is 0.410 e. The summed E-state index contributed by atoms with van der Waals surface area (Å²) in [6, 6.07) is 15.2. The van der Waals surface area contributed by atoms with Gasteiger partial charge < -0.3 is 23.7 Å². The molecule has 3 aromatic carbocycles. The van der Waals surface area contributed by atoms with E-state index in [0.29, 0.717) is 23.4 Å². The average Bonchev–Trinajstić information content (AvgIpc) is 2.97. The van der Waals surface area contributed by atoms with Crippen molar-refractivity contribution in [1.82, 2.24) is 4.31 Å². The summed E-state index contributed by atoms with van der Waals surface area (Å²) in [6.45, 7) is 0.960. The second kappa shape index (κ2) is 14.3. The third-order valence-corrected chi connectivity index (χ3v) is 7.11. The Morgan fingerprint density at radius 3 is 1.80 bits per heavy atom. The number of ether oxygens (including phenoxy) is 5. The van der Waals surface area contributed by atoms with Gasteiger partial charge in [-0.2, -0.15) is 0 Å². The van der Waals surface area contributed by atoms with Crippen molar-refractivity contribution < 1.29 is 42.9 Å². The fourth-order valence-electron chi connectivity index (χ4n) is 3.27. The van der Waals surface area contributed by atoms with Crippen LogP contribution in [0.1, 0.15) is 6.92 Å². The quantitative estimate of drug-likeness (QED) is 0.0535. The lowest BCUT2D eigenvalue weighted by Gasteiger charge is -2.36. The second-order valence-corrected chi connectivity index (χ2v) is 9.61. The van der Waals surface area contributed by atoms with Gasteiger partial charge >= 0.3 is 11.6 Å². The van der Waals surface area contributed by atoms with Gasteiger partial charge in [-0.25, -0.2) is 0 Å². The summed E-state index contributed by atoms with van der Waals surface area (Å²) in [4.78, 5) is 34.0. The summed E-state index contributed by atoms with van der Waals surface area (Å²) < 4.78 is 41.6. The van der Waals surface area contributed by atoms with Crippen molar-refractivity contribution in [1.29, 1.82) is 0 Å². The summed E-state index contributed by atoms with van der Waals surface area (Å²) in [7, 11) is 2.11. The van der Waals surface area contributed by atoms with Gasteiger partial charge in [0.05, 0.1) is 36.7 Å². The number of hydrogen-bond donors (Lipinski definition) is 0. The molecule has 0 amide bonds.